The topological polar surface area (TPSA) is 114 Å². The number of sulfone groups is 1. The first-order valence-corrected chi connectivity index (χ1v) is 12.0. The maximum atomic E-state index is 13.3. The Balaban J connectivity index is 1.30. The van der Waals surface area contributed by atoms with Gasteiger partial charge < -0.3 is 9.73 Å². The number of pyridine rings is 2. The molecule has 0 saturated carbocycles. The van der Waals surface area contributed by atoms with E-state index in [0.29, 0.717) is 22.3 Å². The second-order valence-electron chi connectivity index (χ2n) is 7.68. The van der Waals surface area contributed by atoms with E-state index >= 15 is 0 Å². The minimum atomic E-state index is -4.49. The van der Waals surface area contributed by atoms with Gasteiger partial charge in [0.2, 0.25) is 20.8 Å². The minimum Gasteiger partial charge on any atom is -0.445 e. The van der Waals surface area contributed by atoms with Gasteiger partial charge in [-0.3, -0.25) is 20.1 Å². The van der Waals surface area contributed by atoms with Crippen molar-refractivity contribution in [2.24, 2.45) is 0 Å². The number of furan rings is 1. The number of nitrogens with zero attached hydrogens (tertiary/aromatic N) is 2. The number of carbonyl (C=O) groups excluding carboxylic acids is 1. The summed E-state index contributed by atoms with van der Waals surface area (Å²) in [6.45, 7) is -0.328. The Hall–Kier alpha value is -3.84. The average Bonchev–Trinajstić information content (AvgIpc) is 3.27. The molecule has 8 nitrogen and oxygen atoms in total. The van der Waals surface area contributed by atoms with Crippen molar-refractivity contribution in [2.75, 3.05) is 12.4 Å². The van der Waals surface area contributed by atoms with E-state index in [1.165, 1.54) is 24.4 Å². The first kappa shape index (κ1) is 25.3. The molecular weight excluding hydrogens is 504 g/mol. The SMILES string of the molecule is O=C(CNCS(=O)(=O)c1cc2cc(F)ccc2o1)NCc1cc(-c2ccc(C(F)(F)F)cn2)ccn1. The van der Waals surface area contributed by atoms with Crippen molar-refractivity contribution in [1.29, 1.82) is 0 Å². The van der Waals surface area contributed by atoms with Crippen LogP contribution in [0.2, 0.25) is 0 Å². The fraction of sp³-hybridized carbons (Fsp3) is 0.174. The van der Waals surface area contributed by atoms with Gasteiger partial charge in [-0.2, -0.15) is 13.2 Å². The fourth-order valence-corrected chi connectivity index (χ4v) is 4.27. The maximum Gasteiger partial charge on any atom is 0.417 e. The number of halogens is 4. The molecule has 1 amide bonds. The molecule has 0 aliphatic rings. The molecule has 0 aliphatic carbocycles. The first-order valence-electron chi connectivity index (χ1n) is 10.4. The number of carbonyl (C=O) groups is 1. The zero-order valence-corrected chi connectivity index (χ0v) is 19.2. The summed E-state index contributed by atoms with van der Waals surface area (Å²) in [7, 11) is -3.92. The van der Waals surface area contributed by atoms with E-state index in [0.717, 1.165) is 24.4 Å². The third-order valence-electron chi connectivity index (χ3n) is 5.01. The molecule has 0 unspecified atom stereocenters. The molecule has 13 heteroatoms. The van der Waals surface area contributed by atoms with E-state index in [1.807, 2.05) is 0 Å². The summed E-state index contributed by atoms with van der Waals surface area (Å²) in [5.41, 5.74) is 0.589. The standard InChI is InChI=1S/C23H18F4N4O4S/c24-17-2-4-20-15(7-17)9-22(35-20)36(33,34)13-28-12-21(32)31-11-18-8-14(5-6-29-18)19-3-1-16(10-30-19)23(25,26)27/h1-10,28H,11-13H2,(H,31,32). The van der Waals surface area contributed by atoms with Crippen molar-refractivity contribution in [3.05, 3.63) is 78.0 Å². The van der Waals surface area contributed by atoms with Gasteiger partial charge >= 0.3 is 6.18 Å². The summed E-state index contributed by atoms with van der Waals surface area (Å²) >= 11 is 0. The van der Waals surface area contributed by atoms with Crippen molar-refractivity contribution >= 4 is 26.7 Å². The van der Waals surface area contributed by atoms with Crippen LogP contribution >= 0.6 is 0 Å². The molecule has 0 aliphatic heterocycles. The lowest BCUT2D eigenvalue weighted by Gasteiger charge is -2.09. The van der Waals surface area contributed by atoms with Crippen LogP contribution in [0.25, 0.3) is 22.2 Å². The number of aromatic nitrogens is 2. The molecule has 0 radical (unpaired) electrons. The number of amides is 1. The maximum absolute atomic E-state index is 13.3. The lowest BCUT2D eigenvalue weighted by atomic mass is 10.1. The number of fused-ring (bicyclic) bond motifs is 1. The predicted octanol–water partition coefficient (Wildman–Crippen LogP) is 3.68. The normalized spacial score (nSPS) is 12.1. The van der Waals surface area contributed by atoms with Crippen molar-refractivity contribution in [2.45, 2.75) is 17.8 Å². The largest absolute Gasteiger partial charge is 0.445 e. The van der Waals surface area contributed by atoms with Crippen LogP contribution in [0.5, 0.6) is 0 Å². The average molecular weight is 522 g/mol. The van der Waals surface area contributed by atoms with E-state index in [2.05, 4.69) is 20.6 Å². The van der Waals surface area contributed by atoms with Crippen LogP contribution in [0.15, 0.2) is 70.4 Å². The van der Waals surface area contributed by atoms with Crippen molar-refractivity contribution < 1.29 is 35.2 Å². The van der Waals surface area contributed by atoms with Gasteiger partial charge in [-0.15, -0.1) is 0 Å². The first-order chi connectivity index (χ1) is 17.0. The molecule has 3 heterocycles. The Labute approximate surface area is 202 Å². The molecule has 0 atom stereocenters. The molecule has 0 saturated heterocycles. The number of hydrogen-bond acceptors (Lipinski definition) is 7. The molecule has 1 aromatic carbocycles. The molecule has 188 valence electrons. The Bertz CT molecular complexity index is 1500. The van der Waals surface area contributed by atoms with Crippen LogP contribution in [0.3, 0.4) is 0 Å². The van der Waals surface area contributed by atoms with E-state index < -0.39 is 39.2 Å². The Morgan fingerprint density at radius 2 is 1.83 bits per heavy atom. The highest BCUT2D eigenvalue weighted by Crippen LogP contribution is 2.29. The Kier molecular flexibility index (Phi) is 7.04. The van der Waals surface area contributed by atoms with Gasteiger partial charge in [0.1, 0.15) is 17.3 Å². The number of hydrogen-bond donors (Lipinski definition) is 2. The smallest absolute Gasteiger partial charge is 0.417 e. The molecule has 0 spiro atoms. The number of rotatable bonds is 8. The number of alkyl halides is 3. The van der Waals surface area contributed by atoms with Crippen LogP contribution in [0, 0.1) is 5.82 Å². The van der Waals surface area contributed by atoms with Crippen LogP contribution in [-0.2, 0) is 27.4 Å². The van der Waals surface area contributed by atoms with Crippen LogP contribution < -0.4 is 10.6 Å². The third-order valence-corrected chi connectivity index (χ3v) is 6.41. The molecular formula is C23H18F4N4O4S. The lowest BCUT2D eigenvalue weighted by Crippen LogP contribution is -2.36. The summed E-state index contributed by atoms with van der Waals surface area (Å²) in [6.07, 6.45) is -2.32. The molecule has 4 rings (SSSR count). The van der Waals surface area contributed by atoms with Crippen LogP contribution in [0.4, 0.5) is 17.6 Å². The van der Waals surface area contributed by atoms with Crippen molar-refractivity contribution in [3.8, 4) is 11.3 Å². The lowest BCUT2D eigenvalue weighted by molar-refractivity contribution is -0.137. The van der Waals surface area contributed by atoms with Gasteiger partial charge in [0.25, 0.3) is 0 Å². The monoisotopic (exact) mass is 522 g/mol. The second-order valence-corrected chi connectivity index (χ2v) is 9.60. The van der Waals surface area contributed by atoms with Gasteiger partial charge in [-0.1, -0.05) is 0 Å². The molecule has 4 aromatic rings. The van der Waals surface area contributed by atoms with Crippen LogP contribution in [-0.4, -0.2) is 36.7 Å². The van der Waals surface area contributed by atoms with Gasteiger partial charge in [0.05, 0.1) is 30.0 Å². The number of benzene rings is 1. The molecule has 36 heavy (non-hydrogen) atoms. The van der Waals surface area contributed by atoms with Crippen LogP contribution in [0.1, 0.15) is 11.3 Å². The highest BCUT2D eigenvalue weighted by molar-refractivity contribution is 7.91. The van der Waals surface area contributed by atoms with Gasteiger partial charge in [0, 0.05) is 29.4 Å². The summed E-state index contributed by atoms with van der Waals surface area (Å²) in [4.78, 5) is 20.1. The summed E-state index contributed by atoms with van der Waals surface area (Å²) in [5, 5.41) is 5.03. The molecule has 0 bridgehead atoms. The van der Waals surface area contributed by atoms with Crippen molar-refractivity contribution in [3.63, 3.8) is 0 Å². The second kappa shape index (κ2) is 10.0. The van der Waals surface area contributed by atoms with Gasteiger partial charge in [0.15, 0.2) is 0 Å². The number of nitrogens with one attached hydrogen (secondary N) is 2. The molecule has 0 fully saturated rings. The van der Waals surface area contributed by atoms with E-state index in [9.17, 15) is 30.8 Å². The zero-order chi connectivity index (χ0) is 25.9. The third kappa shape index (κ3) is 6.04. The molecule has 2 N–H and O–H groups in total. The molecule has 3 aromatic heterocycles. The Morgan fingerprint density at radius 1 is 1.03 bits per heavy atom. The summed E-state index contributed by atoms with van der Waals surface area (Å²) < 4.78 is 81.6. The van der Waals surface area contributed by atoms with E-state index in [1.54, 1.807) is 12.1 Å². The fourth-order valence-electron chi connectivity index (χ4n) is 3.23. The van der Waals surface area contributed by atoms with E-state index in [4.69, 9.17) is 4.42 Å². The predicted molar refractivity (Wildman–Crippen MR) is 121 cm³/mol. The summed E-state index contributed by atoms with van der Waals surface area (Å²) in [5.74, 6) is -1.63. The highest BCUT2D eigenvalue weighted by atomic mass is 32.2. The van der Waals surface area contributed by atoms with Crippen molar-refractivity contribution in [1.82, 2.24) is 20.6 Å². The Morgan fingerprint density at radius 3 is 2.56 bits per heavy atom. The zero-order valence-electron chi connectivity index (χ0n) is 18.3. The summed E-state index contributed by atoms with van der Waals surface area (Å²) in [6, 6.07) is 10.1. The van der Waals surface area contributed by atoms with E-state index in [-0.39, 0.29) is 23.8 Å². The van der Waals surface area contributed by atoms with Gasteiger partial charge in [-0.25, -0.2) is 12.8 Å². The quantitative estimate of drug-likeness (QED) is 0.339. The highest BCUT2D eigenvalue weighted by Gasteiger charge is 2.30. The van der Waals surface area contributed by atoms with Gasteiger partial charge in [-0.05, 0) is 42.5 Å². The minimum absolute atomic E-state index is 0.00310.